The summed E-state index contributed by atoms with van der Waals surface area (Å²) in [7, 11) is 1.68. The summed E-state index contributed by atoms with van der Waals surface area (Å²) in [5.41, 5.74) is 1.15. The Kier molecular flexibility index (Phi) is 5.68. The van der Waals surface area contributed by atoms with E-state index in [2.05, 4.69) is 44.4 Å². The molecule has 1 atom stereocenters. The molecular formula is C20H26N6O2. The van der Waals surface area contributed by atoms with Gasteiger partial charge in [-0.1, -0.05) is 19.1 Å². The third-order valence-electron chi connectivity index (χ3n) is 5.34. The standard InChI is InChI=1S/C20H26N6O2/c1-3-24-10-12-25(13-11-24)19(16-6-8-17(27-2)9-7-16)20-21-22-23-26(20)15-18-5-4-14-28-18/h4-9,14,19H,3,10-13,15H2,1-2H3/t19-/m0/s1. The number of piperazine rings is 1. The highest BCUT2D eigenvalue weighted by Crippen LogP contribution is 2.29. The second kappa shape index (κ2) is 8.53. The van der Waals surface area contributed by atoms with Crippen molar-refractivity contribution in [1.29, 1.82) is 0 Å². The zero-order valence-corrected chi connectivity index (χ0v) is 16.4. The number of nitrogens with zero attached hydrogens (tertiary/aromatic N) is 6. The zero-order chi connectivity index (χ0) is 19.3. The fourth-order valence-corrected chi connectivity index (χ4v) is 3.72. The van der Waals surface area contributed by atoms with Crippen LogP contribution in [0.2, 0.25) is 0 Å². The Hall–Kier alpha value is -2.71. The van der Waals surface area contributed by atoms with Crippen molar-refractivity contribution in [2.45, 2.75) is 19.5 Å². The minimum atomic E-state index is -0.0186. The highest BCUT2D eigenvalue weighted by Gasteiger charge is 2.30. The van der Waals surface area contributed by atoms with E-state index in [4.69, 9.17) is 9.15 Å². The van der Waals surface area contributed by atoms with E-state index < -0.39 is 0 Å². The summed E-state index contributed by atoms with van der Waals surface area (Å²) in [6.07, 6.45) is 1.67. The molecule has 4 rings (SSSR count). The predicted molar refractivity (Wildman–Crippen MR) is 104 cm³/mol. The van der Waals surface area contributed by atoms with Crippen molar-refractivity contribution in [3.63, 3.8) is 0 Å². The molecule has 1 fully saturated rings. The quantitative estimate of drug-likeness (QED) is 0.619. The van der Waals surface area contributed by atoms with Crippen LogP contribution in [0.3, 0.4) is 0 Å². The highest BCUT2D eigenvalue weighted by atomic mass is 16.5. The minimum absolute atomic E-state index is 0.0186. The zero-order valence-electron chi connectivity index (χ0n) is 16.4. The summed E-state index contributed by atoms with van der Waals surface area (Å²) in [6.45, 7) is 7.83. The molecule has 0 bridgehead atoms. The molecule has 0 unspecified atom stereocenters. The van der Waals surface area contributed by atoms with Crippen LogP contribution in [-0.2, 0) is 6.54 Å². The molecule has 1 aliphatic heterocycles. The lowest BCUT2D eigenvalue weighted by atomic mass is 10.0. The van der Waals surface area contributed by atoms with Crippen molar-refractivity contribution in [3.05, 3.63) is 59.8 Å². The number of benzene rings is 1. The molecule has 1 saturated heterocycles. The number of hydrogen-bond acceptors (Lipinski definition) is 7. The van der Waals surface area contributed by atoms with Crippen LogP contribution in [0.5, 0.6) is 5.75 Å². The van der Waals surface area contributed by atoms with Gasteiger partial charge in [0, 0.05) is 26.2 Å². The third-order valence-corrected chi connectivity index (χ3v) is 5.34. The van der Waals surface area contributed by atoms with E-state index in [0.29, 0.717) is 6.54 Å². The van der Waals surface area contributed by atoms with Crippen LogP contribution < -0.4 is 4.74 Å². The van der Waals surface area contributed by atoms with Gasteiger partial charge < -0.3 is 14.1 Å². The lowest BCUT2D eigenvalue weighted by molar-refractivity contribution is 0.108. The summed E-state index contributed by atoms with van der Waals surface area (Å²) >= 11 is 0. The Bertz CT molecular complexity index is 853. The van der Waals surface area contributed by atoms with Gasteiger partial charge in [0.05, 0.1) is 19.4 Å². The SMILES string of the molecule is CCN1CCN([C@@H](c2ccc(OC)cc2)c2nnnn2Cc2ccco2)CC1. The van der Waals surface area contributed by atoms with Gasteiger partial charge in [-0.25, -0.2) is 4.68 Å². The van der Waals surface area contributed by atoms with Crippen LogP contribution in [-0.4, -0.2) is 69.8 Å². The van der Waals surface area contributed by atoms with E-state index in [1.807, 2.05) is 28.9 Å². The fraction of sp³-hybridized carbons (Fsp3) is 0.450. The number of likely N-dealkylation sites (N-methyl/N-ethyl adjacent to an activating group) is 1. The number of hydrogen-bond donors (Lipinski definition) is 0. The Labute approximate surface area is 164 Å². The monoisotopic (exact) mass is 382 g/mol. The maximum Gasteiger partial charge on any atom is 0.173 e. The van der Waals surface area contributed by atoms with Crippen LogP contribution in [0.25, 0.3) is 0 Å². The molecule has 8 nitrogen and oxygen atoms in total. The van der Waals surface area contributed by atoms with E-state index in [0.717, 1.165) is 55.6 Å². The van der Waals surface area contributed by atoms with Gasteiger partial charge in [-0.2, -0.15) is 0 Å². The van der Waals surface area contributed by atoms with Crippen molar-refractivity contribution in [2.75, 3.05) is 39.8 Å². The number of methoxy groups -OCH3 is 1. The number of tetrazole rings is 1. The van der Waals surface area contributed by atoms with Gasteiger partial charge in [0.15, 0.2) is 5.82 Å². The van der Waals surface area contributed by atoms with Gasteiger partial charge in [-0.3, -0.25) is 4.90 Å². The molecule has 0 aliphatic carbocycles. The van der Waals surface area contributed by atoms with Gasteiger partial charge in [0.2, 0.25) is 0 Å². The summed E-state index contributed by atoms with van der Waals surface area (Å²) in [5, 5.41) is 12.6. The molecule has 8 heteroatoms. The molecule has 0 saturated carbocycles. The molecule has 1 aliphatic rings. The summed E-state index contributed by atoms with van der Waals surface area (Å²) in [6, 6.07) is 12.0. The molecule has 0 amide bonds. The number of rotatable bonds is 7. The van der Waals surface area contributed by atoms with Crippen LogP contribution in [0, 0.1) is 0 Å². The molecule has 0 radical (unpaired) electrons. The molecule has 148 valence electrons. The molecular weight excluding hydrogens is 356 g/mol. The van der Waals surface area contributed by atoms with Crippen LogP contribution in [0.4, 0.5) is 0 Å². The summed E-state index contributed by atoms with van der Waals surface area (Å²) in [4.78, 5) is 4.92. The van der Waals surface area contributed by atoms with Crippen molar-refractivity contribution >= 4 is 0 Å². The Morgan fingerprint density at radius 1 is 1.11 bits per heavy atom. The van der Waals surface area contributed by atoms with Crippen molar-refractivity contribution < 1.29 is 9.15 Å². The molecule has 0 N–H and O–H groups in total. The maximum atomic E-state index is 5.50. The number of aromatic nitrogens is 4. The van der Waals surface area contributed by atoms with Crippen LogP contribution >= 0.6 is 0 Å². The molecule has 1 aromatic carbocycles. The fourth-order valence-electron chi connectivity index (χ4n) is 3.72. The van der Waals surface area contributed by atoms with E-state index in [1.54, 1.807) is 13.4 Å². The molecule has 2 aromatic heterocycles. The van der Waals surface area contributed by atoms with E-state index in [-0.39, 0.29) is 6.04 Å². The smallest absolute Gasteiger partial charge is 0.173 e. The average Bonchev–Trinajstić information content (AvgIpc) is 3.42. The first-order valence-corrected chi connectivity index (χ1v) is 9.67. The van der Waals surface area contributed by atoms with Crippen LogP contribution in [0.15, 0.2) is 47.1 Å². The predicted octanol–water partition coefficient (Wildman–Crippen LogP) is 2.05. The lowest BCUT2D eigenvalue weighted by Crippen LogP contribution is -2.48. The van der Waals surface area contributed by atoms with Crippen molar-refractivity contribution in [3.8, 4) is 5.75 Å². The second-order valence-electron chi connectivity index (χ2n) is 6.92. The van der Waals surface area contributed by atoms with Gasteiger partial charge in [0.1, 0.15) is 18.1 Å². The molecule has 0 spiro atoms. The first-order valence-electron chi connectivity index (χ1n) is 9.67. The normalized spacial score (nSPS) is 16.9. The Morgan fingerprint density at radius 2 is 1.89 bits per heavy atom. The molecule has 3 aromatic rings. The Balaban J connectivity index is 1.66. The highest BCUT2D eigenvalue weighted by molar-refractivity contribution is 5.32. The van der Waals surface area contributed by atoms with E-state index >= 15 is 0 Å². The molecule has 3 heterocycles. The number of furan rings is 1. The maximum absolute atomic E-state index is 5.50. The van der Waals surface area contributed by atoms with Crippen molar-refractivity contribution in [2.24, 2.45) is 0 Å². The molecule has 28 heavy (non-hydrogen) atoms. The topological polar surface area (TPSA) is 72.5 Å². The average molecular weight is 382 g/mol. The van der Waals surface area contributed by atoms with Gasteiger partial charge in [-0.05, 0) is 46.8 Å². The summed E-state index contributed by atoms with van der Waals surface area (Å²) < 4.78 is 12.7. The lowest BCUT2D eigenvalue weighted by Gasteiger charge is -2.38. The minimum Gasteiger partial charge on any atom is -0.497 e. The Morgan fingerprint density at radius 3 is 2.54 bits per heavy atom. The van der Waals surface area contributed by atoms with Crippen LogP contribution in [0.1, 0.15) is 30.1 Å². The summed E-state index contributed by atoms with van der Waals surface area (Å²) in [5.74, 6) is 2.50. The first kappa shape index (κ1) is 18.6. The van der Waals surface area contributed by atoms with E-state index in [1.165, 1.54) is 0 Å². The number of ether oxygens (including phenoxy) is 1. The van der Waals surface area contributed by atoms with Crippen molar-refractivity contribution in [1.82, 2.24) is 30.0 Å². The van der Waals surface area contributed by atoms with Gasteiger partial charge in [0.25, 0.3) is 0 Å². The largest absolute Gasteiger partial charge is 0.497 e. The first-order chi connectivity index (χ1) is 13.8. The second-order valence-corrected chi connectivity index (χ2v) is 6.92. The van der Waals surface area contributed by atoms with E-state index in [9.17, 15) is 0 Å². The van der Waals surface area contributed by atoms with Gasteiger partial charge >= 0.3 is 0 Å². The van der Waals surface area contributed by atoms with Gasteiger partial charge in [-0.15, -0.1) is 5.10 Å². The third kappa shape index (κ3) is 3.93.